The molecular weight excluding hydrogens is 236 g/mol. The molecule has 1 aromatic rings. The molecule has 19 heavy (non-hydrogen) atoms. The van der Waals surface area contributed by atoms with E-state index < -0.39 is 0 Å². The van der Waals surface area contributed by atoms with Crippen LogP contribution in [0.2, 0.25) is 0 Å². The van der Waals surface area contributed by atoms with E-state index in [9.17, 15) is 0 Å². The van der Waals surface area contributed by atoms with E-state index in [-0.39, 0.29) is 0 Å². The van der Waals surface area contributed by atoms with Crippen LogP contribution in [0.1, 0.15) is 37.4 Å². The largest absolute Gasteiger partial charge is 0.493 e. The van der Waals surface area contributed by atoms with Crippen molar-refractivity contribution in [1.82, 2.24) is 10.2 Å². The highest BCUT2D eigenvalue weighted by Crippen LogP contribution is 2.34. The van der Waals surface area contributed by atoms with E-state index in [0.717, 1.165) is 44.8 Å². The zero-order valence-corrected chi connectivity index (χ0v) is 12.4. The summed E-state index contributed by atoms with van der Waals surface area (Å²) in [5, 5.41) is 3.44. The van der Waals surface area contributed by atoms with E-state index in [0.29, 0.717) is 6.04 Å². The molecule has 0 spiro atoms. The standard InChI is InChI=1S/C16H26N2O/c1-4-18(5-2)11-9-15(17-3)14-8-6-7-13-10-12-19-16(13)14/h6-8,15,17H,4-5,9-12H2,1-3H3. The maximum absolute atomic E-state index is 5.82. The van der Waals surface area contributed by atoms with Gasteiger partial charge in [-0.3, -0.25) is 0 Å². The second kappa shape index (κ2) is 6.92. The van der Waals surface area contributed by atoms with Crippen LogP contribution in [0.15, 0.2) is 18.2 Å². The normalized spacial score (nSPS) is 15.4. The molecule has 0 aliphatic carbocycles. The van der Waals surface area contributed by atoms with Crippen LogP contribution < -0.4 is 10.1 Å². The number of rotatable bonds is 7. The molecule has 3 heteroatoms. The van der Waals surface area contributed by atoms with Crippen LogP contribution in [0, 0.1) is 0 Å². The number of para-hydroxylation sites is 1. The topological polar surface area (TPSA) is 24.5 Å². The molecule has 2 rings (SSSR count). The van der Waals surface area contributed by atoms with Gasteiger partial charge in [0, 0.05) is 18.0 Å². The SMILES string of the molecule is CCN(CC)CCC(NC)c1cccc2c1OCC2. The maximum atomic E-state index is 5.82. The van der Waals surface area contributed by atoms with Gasteiger partial charge in [0.15, 0.2) is 0 Å². The summed E-state index contributed by atoms with van der Waals surface area (Å²) < 4.78 is 5.82. The third-order valence-electron chi connectivity index (χ3n) is 4.10. The summed E-state index contributed by atoms with van der Waals surface area (Å²) in [6.07, 6.45) is 2.17. The molecule has 106 valence electrons. The number of nitrogens with one attached hydrogen (secondary N) is 1. The number of ether oxygens (including phenoxy) is 1. The molecule has 0 fully saturated rings. The number of hydrogen-bond donors (Lipinski definition) is 1. The Balaban J connectivity index is 2.07. The summed E-state index contributed by atoms with van der Waals surface area (Å²) in [7, 11) is 2.04. The van der Waals surface area contributed by atoms with Gasteiger partial charge in [-0.1, -0.05) is 32.0 Å². The molecule has 0 radical (unpaired) electrons. The number of hydrogen-bond acceptors (Lipinski definition) is 3. The molecule has 0 bridgehead atoms. The van der Waals surface area contributed by atoms with Crippen molar-refractivity contribution < 1.29 is 4.74 Å². The van der Waals surface area contributed by atoms with Crippen molar-refractivity contribution in [3.8, 4) is 5.75 Å². The summed E-state index contributed by atoms with van der Waals surface area (Å²) in [6.45, 7) is 8.65. The van der Waals surface area contributed by atoms with Gasteiger partial charge in [0.25, 0.3) is 0 Å². The molecule has 1 unspecified atom stereocenters. The van der Waals surface area contributed by atoms with Crippen LogP contribution in [-0.2, 0) is 6.42 Å². The van der Waals surface area contributed by atoms with Gasteiger partial charge in [-0.05, 0) is 38.7 Å². The first-order valence-electron chi connectivity index (χ1n) is 7.44. The minimum atomic E-state index is 0.383. The Labute approximate surface area is 116 Å². The van der Waals surface area contributed by atoms with Gasteiger partial charge in [-0.15, -0.1) is 0 Å². The van der Waals surface area contributed by atoms with Gasteiger partial charge in [-0.2, -0.15) is 0 Å². The molecule has 0 amide bonds. The molecule has 1 N–H and O–H groups in total. The van der Waals surface area contributed by atoms with Crippen molar-refractivity contribution in [3.05, 3.63) is 29.3 Å². The number of nitrogens with zero attached hydrogens (tertiary/aromatic N) is 1. The third-order valence-corrected chi connectivity index (χ3v) is 4.10. The lowest BCUT2D eigenvalue weighted by atomic mass is 9.99. The second-order valence-electron chi connectivity index (χ2n) is 5.09. The molecule has 1 aliphatic rings. The summed E-state index contributed by atoms with van der Waals surface area (Å²) in [5.74, 6) is 1.13. The molecular formula is C16H26N2O. The van der Waals surface area contributed by atoms with Crippen molar-refractivity contribution in [3.63, 3.8) is 0 Å². The lowest BCUT2D eigenvalue weighted by molar-refractivity contribution is 0.282. The molecule has 1 atom stereocenters. The van der Waals surface area contributed by atoms with Crippen molar-refractivity contribution in [1.29, 1.82) is 0 Å². The monoisotopic (exact) mass is 262 g/mol. The lowest BCUT2D eigenvalue weighted by Gasteiger charge is -2.24. The molecule has 0 saturated carbocycles. The smallest absolute Gasteiger partial charge is 0.127 e. The van der Waals surface area contributed by atoms with Crippen molar-refractivity contribution in [2.45, 2.75) is 32.7 Å². The summed E-state index contributed by atoms with van der Waals surface area (Å²) in [6, 6.07) is 6.93. The Morgan fingerprint density at radius 3 is 2.79 bits per heavy atom. The van der Waals surface area contributed by atoms with Crippen molar-refractivity contribution in [2.75, 3.05) is 33.3 Å². The zero-order chi connectivity index (χ0) is 13.7. The quantitative estimate of drug-likeness (QED) is 0.817. The molecule has 1 aliphatic heterocycles. The minimum absolute atomic E-state index is 0.383. The maximum Gasteiger partial charge on any atom is 0.127 e. The van der Waals surface area contributed by atoms with E-state index >= 15 is 0 Å². The van der Waals surface area contributed by atoms with Crippen molar-refractivity contribution in [2.24, 2.45) is 0 Å². The first-order chi connectivity index (χ1) is 9.30. The average molecular weight is 262 g/mol. The van der Waals surface area contributed by atoms with Crippen LogP contribution >= 0.6 is 0 Å². The Morgan fingerprint density at radius 1 is 1.32 bits per heavy atom. The Kier molecular flexibility index (Phi) is 5.23. The van der Waals surface area contributed by atoms with Crippen LogP contribution in [-0.4, -0.2) is 38.2 Å². The fourth-order valence-corrected chi connectivity index (χ4v) is 2.82. The van der Waals surface area contributed by atoms with Gasteiger partial charge in [0.05, 0.1) is 6.61 Å². The van der Waals surface area contributed by atoms with Gasteiger partial charge in [0.1, 0.15) is 5.75 Å². The van der Waals surface area contributed by atoms with E-state index in [2.05, 4.69) is 42.3 Å². The summed E-state index contributed by atoms with van der Waals surface area (Å²) in [5.41, 5.74) is 2.69. The molecule has 1 aromatic carbocycles. The van der Waals surface area contributed by atoms with Gasteiger partial charge < -0.3 is 15.0 Å². The van der Waals surface area contributed by atoms with E-state index in [1.54, 1.807) is 0 Å². The highest BCUT2D eigenvalue weighted by Gasteiger charge is 2.21. The molecule has 0 aromatic heterocycles. The Bertz CT molecular complexity index is 402. The highest BCUT2D eigenvalue weighted by molar-refractivity contribution is 5.45. The Hall–Kier alpha value is -1.06. The second-order valence-corrected chi connectivity index (χ2v) is 5.09. The van der Waals surface area contributed by atoms with Gasteiger partial charge in [0.2, 0.25) is 0 Å². The average Bonchev–Trinajstić information content (AvgIpc) is 2.92. The van der Waals surface area contributed by atoms with Crippen LogP contribution in [0.4, 0.5) is 0 Å². The number of fused-ring (bicyclic) bond motifs is 1. The van der Waals surface area contributed by atoms with E-state index in [1.807, 2.05) is 7.05 Å². The third kappa shape index (κ3) is 3.28. The first kappa shape index (κ1) is 14.4. The zero-order valence-electron chi connectivity index (χ0n) is 12.4. The van der Waals surface area contributed by atoms with E-state index in [1.165, 1.54) is 11.1 Å². The number of benzene rings is 1. The van der Waals surface area contributed by atoms with Crippen LogP contribution in [0.5, 0.6) is 5.75 Å². The fourth-order valence-electron chi connectivity index (χ4n) is 2.82. The Morgan fingerprint density at radius 2 is 2.11 bits per heavy atom. The molecule has 0 saturated heterocycles. The lowest BCUT2D eigenvalue weighted by Crippen LogP contribution is -2.28. The van der Waals surface area contributed by atoms with Gasteiger partial charge >= 0.3 is 0 Å². The van der Waals surface area contributed by atoms with Crippen LogP contribution in [0.25, 0.3) is 0 Å². The predicted octanol–water partition coefficient (Wildman–Crippen LogP) is 2.61. The highest BCUT2D eigenvalue weighted by atomic mass is 16.5. The molecule has 1 heterocycles. The summed E-state index contributed by atoms with van der Waals surface area (Å²) in [4.78, 5) is 2.47. The summed E-state index contributed by atoms with van der Waals surface area (Å²) >= 11 is 0. The fraction of sp³-hybridized carbons (Fsp3) is 0.625. The first-order valence-corrected chi connectivity index (χ1v) is 7.44. The van der Waals surface area contributed by atoms with E-state index in [4.69, 9.17) is 4.74 Å². The van der Waals surface area contributed by atoms with Crippen LogP contribution in [0.3, 0.4) is 0 Å². The van der Waals surface area contributed by atoms with Gasteiger partial charge in [-0.25, -0.2) is 0 Å². The van der Waals surface area contributed by atoms with Crippen molar-refractivity contribution >= 4 is 0 Å². The minimum Gasteiger partial charge on any atom is -0.493 e. The molecule has 3 nitrogen and oxygen atoms in total. The predicted molar refractivity (Wildman–Crippen MR) is 79.8 cm³/mol.